The molecule has 4 rings (SSSR count). The van der Waals surface area contributed by atoms with Crippen LogP contribution in [0.25, 0.3) is 5.00 Å². The van der Waals surface area contributed by atoms with Crippen LogP contribution in [0.4, 0.5) is 0 Å². The summed E-state index contributed by atoms with van der Waals surface area (Å²) in [4.78, 5) is 13.9. The number of aryl methyl sites for hydroxylation is 2. The number of amides is 1. The van der Waals surface area contributed by atoms with E-state index < -0.39 is 0 Å². The summed E-state index contributed by atoms with van der Waals surface area (Å²) in [6.45, 7) is 4.02. The number of hydrogen-bond donors (Lipinski definition) is 1. The summed E-state index contributed by atoms with van der Waals surface area (Å²) in [6, 6.07) is 9.41. The van der Waals surface area contributed by atoms with Crippen molar-refractivity contribution in [3.8, 4) is 22.6 Å². The Bertz CT molecular complexity index is 1260. The molecule has 0 radical (unpaired) electrons. The summed E-state index contributed by atoms with van der Waals surface area (Å²) in [5.74, 6) is 0.688. The Morgan fingerprint density at radius 1 is 1.15 bits per heavy atom. The molecule has 0 fully saturated rings. The molecule has 1 aliphatic rings. The van der Waals surface area contributed by atoms with Crippen molar-refractivity contribution in [1.29, 1.82) is 5.26 Å². The van der Waals surface area contributed by atoms with E-state index in [-0.39, 0.29) is 5.91 Å². The highest BCUT2D eigenvalue weighted by Crippen LogP contribution is 2.38. The fraction of sp³-hybridized carbons (Fsp3) is 0.320. The minimum atomic E-state index is -0.366. The number of nitrogens with zero attached hydrogens (tertiary/aromatic N) is 3. The van der Waals surface area contributed by atoms with Crippen molar-refractivity contribution in [2.45, 2.75) is 39.5 Å². The zero-order chi connectivity index (χ0) is 23.5. The van der Waals surface area contributed by atoms with Gasteiger partial charge in [-0.15, -0.1) is 11.3 Å². The molecule has 2 heterocycles. The molecule has 0 saturated heterocycles. The van der Waals surface area contributed by atoms with Gasteiger partial charge in [0.15, 0.2) is 0 Å². The zero-order valence-electron chi connectivity index (χ0n) is 19.2. The van der Waals surface area contributed by atoms with Gasteiger partial charge in [-0.2, -0.15) is 10.4 Å². The van der Waals surface area contributed by atoms with Gasteiger partial charge in [0.25, 0.3) is 5.91 Å². The predicted octanol–water partition coefficient (Wildman–Crippen LogP) is 4.69. The van der Waals surface area contributed by atoms with Crippen molar-refractivity contribution in [3.05, 3.63) is 62.8 Å². The van der Waals surface area contributed by atoms with Gasteiger partial charge in [-0.3, -0.25) is 4.79 Å². The van der Waals surface area contributed by atoms with Crippen molar-refractivity contribution < 1.29 is 14.3 Å². The lowest BCUT2D eigenvalue weighted by Crippen LogP contribution is -2.17. The van der Waals surface area contributed by atoms with Gasteiger partial charge in [-0.1, -0.05) is 0 Å². The molecule has 7 nitrogen and oxygen atoms in total. The Morgan fingerprint density at radius 2 is 1.85 bits per heavy atom. The second-order valence-corrected chi connectivity index (χ2v) is 9.05. The standard InChI is InChI=1S/C25H26N4O3S/c1-15-9-18(14-27-28-24(30)17-10-19(31-3)12-20(11-17)32-4)16(2)29(15)25-22(13-26)21-7-5-6-8-23(21)33-25/h9-12,14H,5-8H2,1-4H3,(H,28,30)/b27-14-. The molecule has 0 spiro atoms. The number of thiophene rings is 1. The Kier molecular flexibility index (Phi) is 6.52. The minimum Gasteiger partial charge on any atom is -0.497 e. The molecular formula is C25H26N4O3S. The van der Waals surface area contributed by atoms with Crippen molar-refractivity contribution in [2.24, 2.45) is 5.10 Å². The molecule has 0 aliphatic heterocycles. The molecule has 8 heteroatoms. The van der Waals surface area contributed by atoms with Crippen LogP contribution in [-0.2, 0) is 12.8 Å². The second-order valence-electron chi connectivity index (χ2n) is 7.97. The first-order valence-corrected chi connectivity index (χ1v) is 11.6. The third-order valence-electron chi connectivity index (χ3n) is 5.92. The van der Waals surface area contributed by atoms with Crippen LogP contribution in [0.5, 0.6) is 11.5 Å². The van der Waals surface area contributed by atoms with Crippen molar-refractivity contribution in [1.82, 2.24) is 9.99 Å². The Balaban J connectivity index is 1.58. The smallest absolute Gasteiger partial charge is 0.271 e. The lowest BCUT2D eigenvalue weighted by Gasteiger charge is -2.10. The van der Waals surface area contributed by atoms with E-state index in [2.05, 4.69) is 21.2 Å². The van der Waals surface area contributed by atoms with E-state index in [1.54, 1.807) is 35.8 Å². The molecule has 0 unspecified atom stereocenters. The zero-order valence-corrected chi connectivity index (χ0v) is 20.0. The van der Waals surface area contributed by atoms with Crippen LogP contribution in [0.1, 0.15) is 56.2 Å². The first-order chi connectivity index (χ1) is 16.0. The maximum absolute atomic E-state index is 12.6. The number of nitrogens with one attached hydrogen (secondary N) is 1. The largest absolute Gasteiger partial charge is 0.497 e. The highest BCUT2D eigenvalue weighted by atomic mass is 32.1. The number of benzene rings is 1. The van der Waals surface area contributed by atoms with Crippen molar-refractivity contribution in [3.63, 3.8) is 0 Å². The lowest BCUT2D eigenvalue weighted by atomic mass is 9.96. The van der Waals surface area contributed by atoms with Crippen molar-refractivity contribution in [2.75, 3.05) is 14.2 Å². The number of hydrazone groups is 1. The van der Waals surface area contributed by atoms with E-state index in [0.29, 0.717) is 17.1 Å². The topological polar surface area (TPSA) is 88.6 Å². The van der Waals surface area contributed by atoms with Gasteiger partial charge in [0.1, 0.15) is 22.6 Å². The lowest BCUT2D eigenvalue weighted by molar-refractivity contribution is 0.0954. The van der Waals surface area contributed by atoms with E-state index in [1.807, 2.05) is 19.9 Å². The van der Waals surface area contributed by atoms with E-state index in [0.717, 1.165) is 46.8 Å². The van der Waals surface area contributed by atoms with Crippen molar-refractivity contribution >= 4 is 23.5 Å². The number of hydrogen-bond acceptors (Lipinski definition) is 6. The number of nitriles is 1. The molecule has 3 aromatic rings. The van der Waals surface area contributed by atoms with Gasteiger partial charge in [0.05, 0.1) is 26.0 Å². The summed E-state index contributed by atoms with van der Waals surface area (Å²) in [6.07, 6.45) is 5.97. The fourth-order valence-electron chi connectivity index (χ4n) is 4.22. The number of fused-ring (bicyclic) bond motifs is 1. The van der Waals surface area contributed by atoms with Crippen LogP contribution in [-0.4, -0.2) is 30.9 Å². The number of carbonyl (C=O) groups is 1. The van der Waals surface area contributed by atoms with Gasteiger partial charge in [0, 0.05) is 33.5 Å². The van der Waals surface area contributed by atoms with Crippen LogP contribution >= 0.6 is 11.3 Å². The quantitative estimate of drug-likeness (QED) is 0.425. The maximum Gasteiger partial charge on any atom is 0.271 e. The average molecular weight is 463 g/mol. The third kappa shape index (κ3) is 4.37. The molecule has 1 aromatic carbocycles. The van der Waals surface area contributed by atoms with Gasteiger partial charge >= 0.3 is 0 Å². The van der Waals surface area contributed by atoms with Gasteiger partial charge in [0.2, 0.25) is 0 Å². The van der Waals surface area contributed by atoms with Gasteiger partial charge in [-0.05, 0) is 63.3 Å². The van der Waals surface area contributed by atoms with Gasteiger partial charge in [-0.25, -0.2) is 5.43 Å². The summed E-state index contributed by atoms with van der Waals surface area (Å²) in [5.41, 5.74) is 7.84. The minimum absolute atomic E-state index is 0.366. The summed E-state index contributed by atoms with van der Waals surface area (Å²) >= 11 is 1.72. The second kappa shape index (κ2) is 9.51. The van der Waals surface area contributed by atoms with E-state index in [4.69, 9.17) is 9.47 Å². The average Bonchev–Trinajstić information content (AvgIpc) is 3.33. The monoisotopic (exact) mass is 462 g/mol. The van der Waals surface area contributed by atoms with Crippen LogP contribution in [0.2, 0.25) is 0 Å². The summed E-state index contributed by atoms with van der Waals surface area (Å²) in [5, 5.41) is 15.0. The Labute approximate surface area is 197 Å². The summed E-state index contributed by atoms with van der Waals surface area (Å²) < 4.78 is 12.6. The number of carbonyl (C=O) groups excluding carboxylic acids is 1. The summed E-state index contributed by atoms with van der Waals surface area (Å²) in [7, 11) is 3.07. The number of methoxy groups -OCH3 is 2. The van der Waals surface area contributed by atoms with Crippen LogP contribution in [0, 0.1) is 25.2 Å². The van der Waals surface area contributed by atoms with E-state index >= 15 is 0 Å². The third-order valence-corrected chi connectivity index (χ3v) is 7.20. The molecule has 1 aliphatic carbocycles. The van der Waals surface area contributed by atoms with Crippen LogP contribution in [0.15, 0.2) is 29.4 Å². The number of rotatable bonds is 6. The van der Waals surface area contributed by atoms with Crippen LogP contribution in [0.3, 0.4) is 0 Å². The van der Waals surface area contributed by atoms with Crippen LogP contribution < -0.4 is 14.9 Å². The first kappa shape index (κ1) is 22.6. The number of aromatic nitrogens is 1. The molecule has 170 valence electrons. The first-order valence-electron chi connectivity index (χ1n) is 10.8. The number of ether oxygens (including phenoxy) is 2. The molecule has 1 N–H and O–H groups in total. The fourth-order valence-corrected chi connectivity index (χ4v) is 5.67. The molecule has 2 aromatic heterocycles. The molecule has 33 heavy (non-hydrogen) atoms. The highest BCUT2D eigenvalue weighted by molar-refractivity contribution is 7.15. The molecule has 0 saturated carbocycles. The molecular weight excluding hydrogens is 436 g/mol. The van der Waals surface area contributed by atoms with E-state index in [9.17, 15) is 10.1 Å². The maximum atomic E-state index is 12.6. The SMILES string of the molecule is COc1cc(OC)cc(C(=O)N/N=C\c2cc(C)n(-c3sc4c(c3C#N)CCCC4)c2C)c1. The molecule has 0 bridgehead atoms. The highest BCUT2D eigenvalue weighted by Gasteiger charge is 2.23. The van der Waals surface area contributed by atoms with E-state index in [1.165, 1.54) is 31.1 Å². The molecule has 1 amide bonds. The molecule has 0 atom stereocenters. The Hall–Kier alpha value is -3.57. The normalized spacial score (nSPS) is 12.9. The Morgan fingerprint density at radius 3 is 2.52 bits per heavy atom. The van der Waals surface area contributed by atoms with Gasteiger partial charge < -0.3 is 14.0 Å². The predicted molar refractivity (Wildman–Crippen MR) is 129 cm³/mol.